The van der Waals surface area contributed by atoms with Gasteiger partial charge in [-0.05, 0) is 25.2 Å². The average molecular weight is 270 g/mol. The molecule has 1 saturated carbocycles. The van der Waals surface area contributed by atoms with E-state index in [1.807, 2.05) is 0 Å². The number of methoxy groups -OCH3 is 1. The molecule has 5 nitrogen and oxygen atoms in total. The molecule has 0 aromatic carbocycles. The molecule has 3 unspecified atom stereocenters. The van der Waals surface area contributed by atoms with Gasteiger partial charge in [-0.1, -0.05) is 12.8 Å². The van der Waals surface area contributed by atoms with E-state index in [1.54, 1.807) is 12.0 Å². The normalized spacial score (nSPS) is 30.1. The van der Waals surface area contributed by atoms with Crippen molar-refractivity contribution in [1.82, 2.24) is 10.2 Å². The maximum absolute atomic E-state index is 12.5. The largest absolute Gasteiger partial charge is 0.395 e. The van der Waals surface area contributed by atoms with Crippen LogP contribution < -0.4 is 5.32 Å². The van der Waals surface area contributed by atoms with Gasteiger partial charge in [0.05, 0.1) is 19.3 Å². The zero-order valence-corrected chi connectivity index (χ0v) is 11.8. The molecule has 5 heteroatoms. The van der Waals surface area contributed by atoms with Gasteiger partial charge in [-0.15, -0.1) is 0 Å². The zero-order chi connectivity index (χ0) is 13.7. The van der Waals surface area contributed by atoms with Crippen LogP contribution in [0.2, 0.25) is 0 Å². The minimum atomic E-state index is -0.0588. The summed E-state index contributed by atoms with van der Waals surface area (Å²) in [5.41, 5.74) is 0. The van der Waals surface area contributed by atoms with Crippen LogP contribution in [0.25, 0.3) is 0 Å². The lowest BCUT2D eigenvalue weighted by Crippen LogP contribution is -2.47. The van der Waals surface area contributed by atoms with Crippen molar-refractivity contribution < 1.29 is 14.6 Å². The summed E-state index contributed by atoms with van der Waals surface area (Å²) in [7, 11) is 1.63. The lowest BCUT2D eigenvalue weighted by atomic mass is 9.85. The molecule has 2 fully saturated rings. The first kappa shape index (κ1) is 14.8. The Kier molecular flexibility index (Phi) is 5.60. The number of aliphatic hydroxyl groups excluding tert-OH is 1. The number of hydrogen-bond acceptors (Lipinski definition) is 4. The number of fused-ring (bicyclic) bond motifs is 1. The summed E-state index contributed by atoms with van der Waals surface area (Å²) in [5, 5.41) is 12.6. The summed E-state index contributed by atoms with van der Waals surface area (Å²) in [6.07, 6.45) is 5.98. The Labute approximate surface area is 115 Å². The van der Waals surface area contributed by atoms with Crippen LogP contribution in [0.5, 0.6) is 0 Å². The Morgan fingerprint density at radius 2 is 2.16 bits per heavy atom. The molecule has 1 heterocycles. The molecule has 2 aliphatic rings. The van der Waals surface area contributed by atoms with Crippen LogP contribution in [-0.2, 0) is 9.53 Å². The Bertz CT molecular complexity index is 284. The molecule has 0 aromatic heterocycles. The molecule has 19 heavy (non-hydrogen) atoms. The molecule has 0 spiro atoms. The van der Waals surface area contributed by atoms with Crippen LogP contribution in [0.3, 0.4) is 0 Å². The van der Waals surface area contributed by atoms with Crippen LogP contribution in [0, 0.1) is 5.92 Å². The molecule has 1 saturated heterocycles. The summed E-state index contributed by atoms with van der Waals surface area (Å²) >= 11 is 0. The minimum absolute atomic E-state index is 0.00896. The van der Waals surface area contributed by atoms with E-state index >= 15 is 0 Å². The summed E-state index contributed by atoms with van der Waals surface area (Å²) in [6, 6.07) is 0.470. The van der Waals surface area contributed by atoms with Gasteiger partial charge in [-0.2, -0.15) is 0 Å². The molecule has 2 rings (SSSR count). The van der Waals surface area contributed by atoms with Crippen LogP contribution >= 0.6 is 0 Å². The van der Waals surface area contributed by atoms with Crippen LogP contribution in [-0.4, -0.2) is 61.4 Å². The van der Waals surface area contributed by atoms with Crippen LogP contribution in [0.4, 0.5) is 0 Å². The van der Waals surface area contributed by atoms with Gasteiger partial charge in [0, 0.05) is 26.2 Å². The molecular formula is C14H26N2O3. The first-order valence-electron chi connectivity index (χ1n) is 7.41. The molecule has 0 aromatic rings. The zero-order valence-electron chi connectivity index (χ0n) is 11.8. The van der Waals surface area contributed by atoms with Crippen molar-refractivity contribution in [3.63, 3.8) is 0 Å². The topological polar surface area (TPSA) is 61.8 Å². The van der Waals surface area contributed by atoms with Crippen molar-refractivity contribution in [2.24, 2.45) is 5.92 Å². The van der Waals surface area contributed by atoms with Crippen molar-refractivity contribution in [2.75, 3.05) is 33.4 Å². The molecule has 3 atom stereocenters. The van der Waals surface area contributed by atoms with Crippen molar-refractivity contribution in [1.29, 1.82) is 0 Å². The fourth-order valence-corrected chi connectivity index (χ4v) is 3.39. The molecule has 110 valence electrons. The number of hydrogen-bond donors (Lipinski definition) is 2. The Morgan fingerprint density at radius 3 is 2.84 bits per heavy atom. The third kappa shape index (κ3) is 3.68. The predicted molar refractivity (Wildman–Crippen MR) is 72.8 cm³/mol. The smallest absolute Gasteiger partial charge is 0.239 e. The van der Waals surface area contributed by atoms with E-state index in [4.69, 9.17) is 9.84 Å². The average Bonchev–Trinajstić information content (AvgIpc) is 2.86. The third-order valence-corrected chi connectivity index (χ3v) is 4.41. The Balaban J connectivity index is 1.90. The van der Waals surface area contributed by atoms with Crippen LogP contribution in [0.15, 0.2) is 0 Å². The second-order valence-corrected chi connectivity index (χ2v) is 5.65. The summed E-state index contributed by atoms with van der Waals surface area (Å²) in [4.78, 5) is 14.2. The van der Waals surface area contributed by atoms with E-state index in [1.165, 1.54) is 25.7 Å². The standard InChI is InChI=1S/C14H26N2O3/c1-19-9-7-16(6-8-17)14(18)13-10-11-4-2-3-5-12(11)15-13/h11-13,15,17H,2-10H2,1H3. The first-order valence-corrected chi connectivity index (χ1v) is 7.41. The van der Waals surface area contributed by atoms with Gasteiger partial charge in [-0.25, -0.2) is 0 Å². The number of carbonyl (C=O) groups excluding carboxylic acids is 1. The maximum atomic E-state index is 12.5. The summed E-state index contributed by atoms with van der Waals surface area (Å²) in [6.45, 7) is 1.49. The predicted octanol–water partition coefficient (Wildman–Crippen LogP) is 0.374. The van der Waals surface area contributed by atoms with Gasteiger partial charge in [0.25, 0.3) is 0 Å². The van der Waals surface area contributed by atoms with Crippen molar-refractivity contribution >= 4 is 5.91 Å². The van der Waals surface area contributed by atoms with Crippen LogP contribution in [0.1, 0.15) is 32.1 Å². The fourth-order valence-electron chi connectivity index (χ4n) is 3.39. The molecule has 1 aliphatic heterocycles. The van der Waals surface area contributed by atoms with E-state index in [0.717, 1.165) is 6.42 Å². The number of rotatable bonds is 6. The highest BCUT2D eigenvalue weighted by Crippen LogP contribution is 2.33. The minimum Gasteiger partial charge on any atom is -0.395 e. The highest BCUT2D eigenvalue weighted by Gasteiger charge is 2.39. The number of aliphatic hydroxyl groups is 1. The molecule has 0 radical (unpaired) electrons. The molecule has 2 N–H and O–H groups in total. The van der Waals surface area contributed by atoms with E-state index in [9.17, 15) is 4.79 Å². The third-order valence-electron chi connectivity index (χ3n) is 4.41. The number of carbonyl (C=O) groups is 1. The Morgan fingerprint density at radius 1 is 1.37 bits per heavy atom. The second kappa shape index (κ2) is 7.22. The number of amides is 1. The fraction of sp³-hybridized carbons (Fsp3) is 0.929. The number of nitrogens with zero attached hydrogens (tertiary/aromatic N) is 1. The Hall–Kier alpha value is -0.650. The highest BCUT2D eigenvalue weighted by molar-refractivity contribution is 5.82. The van der Waals surface area contributed by atoms with Gasteiger partial charge < -0.3 is 20.1 Å². The molecule has 1 amide bonds. The molecule has 0 bridgehead atoms. The van der Waals surface area contributed by atoms with E-state index in [2.05, 4.69) is 5.32 Å². The molecular weight excluding hydrogens is 244 g/mol. The van der Waals surface area contributed by atoms with Gasteiger partial charge >= 0.3 is 0 Å². The van der Waals surface area contributed by atoms with Gasteiger partial charge in [0.15, 0.2) is 0 Å². The molecule has 1 aliphatic carbocycles. The lowest BCUT2D eigenvalue weighted by Gasteiger charge is -2.25. The van der Waals surface area contributed by atoms with Gasteiger partial charge in [-0.3, -0.25) is 4.79 Å². The first-order chi connectivity index (χ1) is 9.26. The van der Waals surface area contributed by atoms with Crippen molar-refractivity contribution in [2.45, 2.75) is 44.2 Å². The summed E-state index contributed by atoms with van der Waals surface area (Å²) in [5.74, 6) is 0.793. The van der Waals surface area contributed by atoms with Crippen molar-refractivity contribution in [3.8, 4) is 0 Å². The quantitative estimate of drug-likeness (QED) is 0.732. The monoisotopic (exact) mass is 270 g/mol. The summed E-state index contributed by atoms with van der Waals surface area (Å²) < 4.78 is 5.03. The van der Waals surface area contributed by atoms with Crippen molar-refractivity contribution in [3.05, 3.63) is 0 Å². The van der Waals surface area contributed by atoms with E-state index < -0.39 is 0 Å². The second-order valence-electron chi connectivity index (χ2n) is 5.65. The van der Waals surface area contributed by atoms with Gasteiger partial charge in [0.1, 0.15) is 0 Å². The van der Waals surface area contributed by atoms with E-state index in [-0.39, 0.29) is 18.6 Å². The number of ether oxygens (including phenoxy) is 1. The SMILES string of the molecule is COCCN(CCO)C(=O)C1CC2CCCCC2N1. The van der Waals surface area contributed by atoms with E-state index in [0.29, 0.717) is 31.7 Å². The van der Waals surface area contributed by atoms with Gasteiger partial charge in [0.2, 0.25) is 5.91 Å². The lowest BCUT2D eigenvalue weighted by molar-refractivity contribution is -0.134. The number of nitrogens with one attached hydrogen (secondary N) is 1. The maximum Gasteiger partial charge on any atom is 0.239 e. The highest BCUT2D eigenvalue weighted by atomic mass is 16.5.